The Kier molecular flexibility index (Phi) is 4.69. The number of imidazole rings is 1. The monoisotopic (exact) mass is 310 g/mol. The van der Waals surface area contributed by atoms with Crippen molar-refractivity contribution in [2.24, 2.45) is 7.05 Å². The fourth-order valence-corrected chi connectivity index (χ4v) is 2.79. The summed E-state index contributed by atoms with van der Waals surface area (Å²) in [5, 5.41) is 0.806. The molecule has 0 aromatic carbocycles. The van der Waals surface area contributed by atoms with E-state index >= 15 is 0 Å². The molecule has 2 heterocycles. The highest BCUT2D eigenvalue weighted by molar-refractivity contribution is 7.99. The van der Waals surface area contributed by atoms with E-state index in [1.165, 1.54) is 16.3 Å². The van der Waals surface area contributed by atoms with Crippen molar-refractivity contribution in [1.29, 1.82) is 0 Å². The van der Waals surface area contributed by atoms with E-state index in [1.54, 1.807) is 24.8 Å². The maximum Gasteiger partial charge on any atom is 0.329 e. The summed E-state index contributed by atoms with van der Waals surface area (Å²) in [6.07, 6.45) is 1.80. The Morgan fingerprint density at radius 1 is 1.52 bits per heavy atom. The molecule has 0 fully saturated rings. The molecule has 0 spiro atoms. The number of aromatic amines is 1. The zero-order valence-corrected chi connectivity index (χ0v) is 13.1. The normalized spacial score (nSPS) is 12.7. The lowest BCUT2D eigenvalue weighted by molar-refractivity contribution is 0.186. The number of fused-ring (bicyclic) bond motifs is 1. The van der Waals surface area contributed by atoms with Crippen molar-refractivity contribution in [3.63, 3.8) is 0 Å². The fraction of sp³-hybridized carbons (Fsp3) is 0.462. The first kappa shape index (κ1) is 15.6. The average molecular weight is 310 g/mol. The molecule has 1 N–H and O–H groups in total. The summed E-state index contributed by atoms with van der Waals surface area (Å²) >= 11 is 1.48. The van der Waals surface area contributed by atoms with E-state index < -0.39 is 11.2 Å². The molecule has 0 aliphatic rings. The molecule has 114 valence electrons. The Hall–Kier alpha value is -1.80. The minimum atomic E-state index is -0.475. The van der Waals surface area contributed by atoms with Crippen LogP contribution in [0.15, 0.2) is 27.4 Å². The van der Waals surface area contributed by atoms with Crippen molar-refractivity contribution in [2.75, 3.05) is 13.7 Å². The summed E-state index contributed by atoms with van der Waals surface area (Å²) in [4.78, 5) is 30.5. The van der Waals surface area contributed by atoms with E-state index in [1.807, 2.05) is 6.92 Å². The molecule has 1 atom stereocenters. The van der Waals surface area contributed by atoms with Crippen LogP contribution in [-0.4, -0.2) is 38.1 Å². The Morgan fingerprint density at radius 3 is 2.86 bits per heavy atom. The quantitative estimate of drug-likeness (QED) is 0.628. The zero-order valence-electron chi connectivity index (χ0n) is 12.3. The van der Waals surface area contributed by atoms with Crippen LogP contribution >= 0.6 is 11.8 Å². The molecule has 7 nitrogen and oxygen atoms in total. The van der Waals surface area contributed by atoms with Gasteiger partial charge in [0.25, 0.3) is 5.56 Å². The first-order valence-corrected chi connectivity index (χ1v) is 7.35. The predicted molar refractivity (Wildman–Crippen MR) is 83.0 cm³/mol. The number of hydrogen-bond donors (Lipinski definition) is 1. The van der Waals surface area contributed by atoms with E-state index in [2.05, 4.69) is 16.5 Å². The SMILES string of the molecule is C=C[C@@H](C)Sc1nc2c(c(=O)[nH]c(=O)n2C)n1CCOC. The molecule has 0 saturated carbocycles. The van der Waals surface area contributed by atoms with E-state index in [0.717, 1.165) is 0 Å². The fourth-order valence-electron chi connectivity index (χ4n) is 1.91. The lowest BCUT2D eigenvalue weighted by Crippen LogP contribution is -2.29. The number of rotatable bonds is 6. The summed E-state index contributed by atoms with van der Waals surface area (Å²) in [6, 6.07) is 0. The maximum absolute atomic E-state index is 12.1. The molecule has 2 rings (SSSR count). The second kappa shape index (κ2) is 6.31. The Bertz CT molecular complexity index is 774. The highest BCUT2D eigenvalue weighted by Gasteiger charge is 2.18. The van der Waals surface area contributed by atoms with Gasteiger partial charge in [0.15, 0.2) is 16.3 Å². The highest BCUT2D eigenvalue weighted by Crippen LogP contribution is 2.25. The number of hydrogen-bond acceptors (Lipinski definition) is 5. The van der Waals surface area contributed by atoms with Crippen molar-refractivity contribution >= 4 is 22.9 Å². The van der Waals surface area contributed by atoms with Crippen molar-refractivity contribution in [3.8, 4) is 0 Å². The van der Waals surface area contributed by atoms with Gasteiger partial charge in [-0.1, -0.05) is 17.8 Å². The number of H-pyrrole nitrogens is 1. The second-order valence-electron chi connectivity index (χ2n) is 4.59. The molecule has 0 unspecified atom stereocenters. The molecule has 0 radical (unpaired) electrons. The van der Waals surface area contributed by atoms with Crippen molar-refractivity contribution in [3.05, 3.63) is 33.5 Å². The summed E-state index contributed by atoms with van der Waals surface area (Å²) in [6.45, 7) is 6.67. The minimum Gasteiger partial charge on any atom is -0.383 e. The molecule has 0 saturated heterocycles. The molecule has 2 aromatic heterocycles. The topological polar surface area (TPSA) is 81.9 Å². The lowest BCUT2D eigenvalue weighted by Gasteiger charge is -2.09. The van der Waals surface area contributed by atoms with Crippen molar-refractivity contribution < 1.29 is 4.74 Å². The molecule has 0 amide bonds. The van der Waals surface area contributed by atoms with E-state index in [-0.39, 0.29) is 5.25 Å². The maximum atomic E-state index is 12.1. The van der Waals surface area contributed by atoms with Crippen LogP contribution in [0.25, 0.3) is 11.2 Å². The molecule has 0 aliphatic heterocycles. The molecular formula is C13H18N4O3S. The largest absolute Gasteiger partial charge is 0.383 e. The summed E-state index contributed by atoms with van der Waals surface area (Å²) in [5.41, 5.74) is -0.154. The lowest BCUT2D eigenvalue weighted by atomic mass is 10.5. The predicted octanol–water partition coefficient (Wildman–Crippen LogP) is 0.736. The number of methoxy groups -OCH3 is 1. The van der Waals surface area contributed by atoms with Gasteiger partial charge in [-0.15, -0.1) is 6.58 Å². The molecule has 21 heavy (non-hydrogen) atoms. The molecule has 2 aromatic rings. The first-order valence-electron chi connectivity index (χ1n) is 6.47. The first-order chi connectivity index (χ1) is 9.99. The van der Waals surface area contributed by atoms with Gasteiger partial charge < -0.3 is 9.30 Å². The van der Waals surface area contributed by atoms with Gasteiger partial charge in [0.05, 0.1) is 6.61 Å². The number of aromatic nitrogens is 4. The molecular weight excluding hydrogens is 292 g/mol. The average Bonchev–Trinajstić information content (AvgIpc) is 2.81. The third-order valence-electron chi connectivity index (χ3n) is 3.11. The van der Waals surface area contributed by atoms with Crippen molar-refractivity contribution in [2.45, 2.75) is 23.9 Å². The van der Waals surface area contributed by atoms with E-state index in [0.29, 0.717) is 29.5 Å². The standard InChI is InChI=1S/C13H18N4O3S/c1-5-8(2)21-13-14-10-9(17(13)6-7-20-4)11(18)15-12(19)16(10)3/h5,8H,1,6-7H2,2-4H3,(H,15,18,19)/t8-/m1/s1. The third kappa shape index (κ3) is 2.96. The Morgan fingerprint density at radius 2 is 2.24 bits per heavy atom. The number of nitrogens with zero attached hydrogens (tertiary/aromatic N) is 3. The van der Waals surface area contributed by atoms with Crippen LogP contribution in [-0.2, 0) is 18.3 Å². The molecule has 0 bridgehead atoms. The summed E-state index contributed by atoms with van der Waals surface area (Å²) < 4.78 is 8.20. The number of thioether (sulfide) groups is 1. The van der Waals surface area contributed by atoms with Gasteiger partial charge in [-0.2, -0.15) is 0 Å². The zero-order chi connectivity index (χ0) is 15.6. The van der Waals surface area contributed by atoms with E-state index in [4.69, 9.17) is 4.74 Å². The summed E-state index contributed by atoms with van der Waals surface area (Å²) in [5.74, 6) is 0. The van der Waals surface area contributed by atoms with Gasteiger partial charge in [-0.05, 0) is 6.92 Å². The van der Waals surface area contributed by atoms with Gasteiger partial charge in [0.1, 0.15) is 0 Å². The van der Waals surface area contributed by atoms with Gasteiger partial charge in [-0.25, -0.2) is 9.78 Å². The van der Waals surface area contributed by atoms with Gasteiger partial charge in [-0.3, -0.25) is 14.3 Å². The third-order valence-corrected chi connectivity index (χ3v) is 4.20. The molecule has 8 heteroatoms. The highest BCUT2D eigenvalue weighted by atomic mass is 32.2. The number of nitrogens with one attached hydrogen (secondary N) is 1. The van der Waals surface area contributed by atoms with Crippen LogP contribution in [0.5, 0.6) is 0 Å². The summed E-state index contributed by atoms with van der Waals surface area (Å²) in [7, 11) is 3.18. The van der Waals surface area contributed by atoms with Crippen LogP contribution in [0, 0.1) is 0 Å². The Labute approximate surface area is 125 Å². The molecule has 0 aliphatic carbocycles. The van der Waals surface area contributed by atoms with Crippen LogP contribution in [0.1, 0.15) is 6.92 Å². The van der Waals surface area contributed by atoms with Gasteiger partial charge >= 0.3 is 5.69 Å². The van der Waals surface area contributed by atoms with Crippen LogP contribution < -0.4 is 11.2 Å². The van der Waals surface area contributed by atoms with Crippen LogP contribution in [0.2, 0.25) is 0 Å². The second-order valence-corrected chi connectivity index (χ2v) is 5.93. The van der Waals surface area contributed by atoms with Gasteiger partial charge in [0.2, 0.25) is 0 Å². The Balaban J connectivity index is 2.69. The smallest absolute Gasteiger partial charge is 0.329 e. The minimum absolute atomic E-state index is 0.138. The van der Waals surface area contributed by atoms with Gasteiger partial charge in [0, 0.05) is 26.0 Å². The van der Waals surface area contributed by atoms with Crippen LogP contribution in [0.3, 0.4) is 0 Å². The number of ether oxygens (including phenoxy) is 1. The number of aryl methyl sites for hydroxylation is 1. The van der Waals surface area contributed by atoms with E-state index in [9.17, 15) is 9.59 Å². The van der Waals surface area contributed by atoms with Crippen molar-refractivity contribution in [1.82, 2.24) is 19.1 Å². The van der Waals surface area contributed by atoms with Crippen LogP contribution in [0.4, 0.5) is 0 Å².